The summed E-state index contributed by atoms with van der Waals surface area (Å²) in [4.78, 5) is 4.25. The van der Waals surface area contributed by atoms with Gasteiger partial charge in [-0.2, -0.15) is 11.8 Å². The molecule has 0 aliphatic rings. The second-order valence-corrected chi connectivity index (χ2v) is 4.74. The average molecular weight is 237 g/mol. The van der Waals surface area contributed by atoms with Crippen LogP contribution in [0.15, 0.2) is 22.6 Å². The number of nitrogens with zero attached hydrogens (tertiary/aromatic N) is 1. The van der Waals surface area contributed by atoms with Crippen molar-refractivity contribution in [1.29, 1.82) is 0 Å². The number of aliphatic hydroxyl groups excluding tert-OH is 1. The molecule has 1 N–H and O–H groups in total. The Bertz CT molecular complexity index is 481. The number of benzene rings is 1. The van der Waals surface area contributed by atoms with E-state index >= 15 is 0 Å². The molecule has 1 atom stereocenters. The van der Waals surface area contributed by atoms with E-state index in [1.807, 2.05) is 31.4 Å². The standard InChI is InChI=1S/C12H15NO2S/c1-8-13-10-7-9(3-4-12(10)15-8)11(14)5-6-16-2/h3-4,7,11,14H,5-6H2,1-2H3. The summed E-state index contributed by atoms with van der Waals surface area (Å²) >= 11 is 1.74. The lowest BCUT2D eigenvalue weighted by atomic mass is 10.1. The molecule has 0 aliphatic heterocycles. The van der Waals surface area contributed by atoms with Gasteiger partial charge < -0.3 is 9.52 Å². The maximum atomic E-state index is 9.95. The molecule has 3 nitrogen and oxygen atoms in total. The minimum atomic E-state index is -0.408. The van der Waals surface area contributed by atoms with E-state index in [1.54, 1.807) is 11.8 Å². The fourth-order valence-corrected chi connectivity index (χ4v) is 2.12. The number of fused-ring (bicyclic) bond motifs is 1. The zero-order chi connectivity index (χ0) is 11.5. The maximum Gasteiger partial charge on any atom is 0.192 e. The number of oxazole rings is 1. The number of aryl methyl sites for hydroxylation is 1. The molecule has 0 fully saturated rings. The number of hydrogen-bond acceptors (Lipinski definition) is 4. The molecule has 0 bridgehead atoms. The van der Waals surface area contributed by atoms with Gasteiger partial charge in [0.05, 0.1) is 6.10 Å². The SMILES string of the molecule is CSCCC(O)c1ccc2oc(C)nc2c1. The highest BCUT2D eigenvalue weighted by Crippen LogP contribution is 2.23. The largest absolute Gasteiger partial charge is 0.441 e. The van der Waals surface area contributed by atoms with Crippen molar-refractivity contribution in [3.8, 4) is 0 Å². The van der Waals surface area contributed by atoms with Crippen LogP contribution >= 0.6 is 11.8 Å². The molecule has 16 heavy (non-hydrogen) atoms. The van der Waals surface area contributed by atoms with Crippen molar-refractivity contribution in [1.82, 2.24) is 4.98 Å². The van der Waals surface area contributed by atoms with Crippen LogP contribution in [0.25, 0.3) is 11.1 Å². The zero-order valence-electron chi connectivity index (χ0n) is 9.43. The first-order valence-electron chi connectivity index (χ1n) is 5.25. The summed E-state index contributed by atoms with van der Waals surface area (Å²) in [5.41, 5.74) is 2.51. The number of hydrogen-bond donors (Lipinski definition) is 1. The molecule has 4 heteroatoms. The number of thioether (sulfide) groups is 1. The van der Waals surface area contributed by atoms with Crippen LogP contribution in [-0.2, 0) is 0 Å². The maximum absolute atomic E-state index is 9.95. The molecule has 2 aromatic rings. The fourth-order valence-electron chi connectivity index (χ4n) is 1.66. The molecule has 1 aromatic heterocycles. The predicted octanol–water partition coefficient (Wildman–Crippen LogP) is 2.92. The molecule has 2 rings (SSSR count). The quantitative estimate of drug-likeness (QED) is 0.888. The highest BCUT2D eigenvalue weighted by Gasteiger charge is 2.09. The number of rotatable bonds is 4. The Hall–Kier alpha value is -1.00. The highest BCUT2D eigenvalue weighted by molar-refractivity contribution is 7.98. The Morgan fingerprint density at radius 2 is 2.31 bits per heavy atom. The predicted molar refractivity (Wildman–Crippen MR) is 66.7 cm³/mol. The third-order valence-corrected chi connectivity index (χ3v) is 3.14. The van der Waals surface area contributed by atoms with Gasteiger partial charge in [0.2, 0.25) is 0 Å². The molecule has 0 amide bonds. The molecule has 0 saturated heterocycles. The molecule has 0 spiro atoms. The first-order valence-corrected chi connectivity index (χ1v) is 6.64. The summed E-state index contributed by atoms with van der Waals surface area (Å²) < 4.78 is 5.39. The Morgan fingerprint density at radius 3 is 3.06 bits per heavy atom. The van der Waals surface area contributed by atoms with Crippen molar-refractivity contribution in [3.63, 3.8) is 0 Å². The van der Waals surface area contributed by atoms with Gasteiger partial charge in [0.25, 0.3) is 0 Å². The van der Waals surface area contributed by atoms with Crippen molar-refractivity contribution in [2.45, 2.75) is 19.4 Å². The van der Waals surface area contributed by atoms with Gasteiger partial charge in [0, 0.05) is 6.92 Å². The van der Waals surface area contributed by atoms with Crippen LogP contribution < -0.4 is 0 Å². The number of aliphatic hydroxyl groups is 1. The van der Waals surface area contributed by atoms with Gasteiger partial charge in [0.15, 0.2) is 11.5 Å². The van der Waals surface area contributed by atoms with E-state index in [0.717, 1.165) is 28.8 Å². The van der Waals surface area contributed by atoms with Crippen LogP contribution in [0, 0.1) is 6.92 Å². The normalized spacial score (nSPS) is 13.2. The van der Waals surface area contributed by atoms with Crippen LogP contribution in [0.3, 0.4) is 0 Å². The van der Waals surface area contributed by atoms with Crippen LogP contribution in [0.1, 0.15) is 24.0 Å². The molecule has 86 valence electrons. The molecule has 1 heterocycles. The van der Waals surface area contributed by atoms with E-state index in [2.05, 4.69) is 4.98 Å². The van der Waals surface area contributed by atoms with Gasteiger partial charge >= 0.3 is 0 Å². The first kappa shape index (κ1) is 11.5. The molecular formula is C12H15NO2S. The molecule has 0 radical (unpaired) electrons. The van der Waals surface area contributed by atoms with Crippen molar-refractivity contribution in [3.05, 3.63) is 29.7 Å². The first-order chi connectivity index (χ1) is 7.70. The van der Waals surface area contributed by atoms with Crippen molar-refractivity contribution < 1.29 is 9.52 Å². The van der Waals surface area contributed by atoms with Gasteiger partial charge in [-0.3, -0.25) is 0 Å². The summed E-state index contributed by atoms with van der Waals surface area (Å²) in [5.74, 6) is 1.61. The monoisotopic (exact) mass is 237 g/mol. The molecule has 1 unspecified atom stereocenters. The average Bonchev–Trinajstić information content (AvgIpc) is 2.64. The lowest BCUT2D eigenvalue weighted by molar-refractivity contribution is 0.175. The molecule has 0 saturated carbocycles. The van der Waals surface area contributed by atoms with Crippen LogP contribution in [0.2, 0.25) is 0 Å². The van der Waals surface area contributed by atoms with Crippen molar-refractivity contribution >= 4 is 22.9 Å². The smallest absolute Gasteiger partial charge is 0.192 e. The summed E-state index contributed by atoms with van der Waals surface area (Å²) in [7, 11) is 0. The second kappa shape index (κ2) is 4.89. The Morgan fingerprint density at radius 1 is 1.50 bits per heavy atom. The zero-order valence-corrected chi connectivity index (χ0v) is 10.3. The third-order valence-electron chi connectivity index (χ3n) is 2.50. The van der Waals surface area contributed by atoms with Crippen LogP contribution in [0.4, 0.5) is 0 Å². The molecular weight excluding hydrogens is 222 g/mol. The Kier molecular flexibility index (Phi) is 3.51. The van der Waals surface area contributed by atoms with Crippen molar-refractivity contribution in [2.75, 3.05) is 12.0 Å². The minimum Gasteiger partial charge on any atom is -0.441 e. The van der Waals surface area contributed by atoms with Crippen LogP contribution in [-0.4, -0.2) is 22.1 Å². The van der Waals surface area contributed by atoms with Gasteiger partial charge in [-0.25, -0.2) is 4.98 Å². The van der Waals surface area contributed by atoms with Gasteiger partial charge in [-0.05, 0) is 36.1 Å². The lowest BCUT2D eigenvalue weighted by Gasteiger charge is -2.09. The van der Waals surface area contributed by atoms with E-state index in [9.17, 15) is 5.11 Å². The van der Waals surface area contributed by atoms with E-state index in [-0.39, 0.29) is 0 Å². The summed E-state index contributed by atoms with van der Waals surface area (Å²) in [6.45, 7) is 1.82. The summed E-state index contributed by atoms with van der Waals surface area (Å²) in [6, 6.07) is 5.67. The van der Waals surface area contributed by atoms with Crippen molar-refractivity contribution in [2.24, 2.45) is 0 Å². The molecule has 0 aliphatic carbocycles. The summed E-state index contributed by atoms with van der Waals surface area (Å²) in [6.07, 6.45) is 2.40. The topological polar surface area (TPSA) is 46.3 Å². The lowest BCUT2D eigenvalue weighted by Crippen LogP contribution is -1.98. The third kappa shape index (κ3) is 2.39. The highest BCUT2D eigenvalue weighted by atomic mass is 32.2. The Labute approximate surface area is 98.9 Å². The van der Waals surface area contributed by atoms with E-state index in [4.69, 9.17) is 4.42 Å². The second-order valence-electron chi connectivity index (χ2n) is 3.76. The van der Waals surface area contributed by atoms with E-state index < -0.39 is 6.10 Å². The van der Waals surface area contributed by atoms with Crippen LogP contribution in [0.5, 0.6) is 0 Å². The Balaban J connectivity index is 2.24. The van der Waals surface area contributed by atoms with Gasteiger partial charge in [-0.1, -0.05) is 6.07 Å². The fraction of sp³-hybridized carbons (Fsp3) is 0.417. The minimum absolute atomic E-state index is 0.408. The van der Waals surface area contributed by atoms with E-state index in [0.29, 0.717) is 5.89 Å². The molecule has 1 aromatic carbocycles. The summed E-state index contributed by atoms with van der Waals surface area (Å²) in [5, 5.41) is 9.95. The number of aromatic nitrogens is 1. The van der Waals surface area contributed by atoms with Gasteiger partial charge in [-0.15, -0.1) is 0 Å². The van der Waals surface area contributed by atoms with Gasteiger partial charge in [0.1, 0.15) is 5.52 Å². The van der Waals surface area contributed by atoms with E-state index in [1.165, 1.54) is 0 Å².